The van der Waals surface area contributed by atoms with Crippen LogP contribution in [0, 0.1) is 0 Å². The highest BCUT2D eigenvalue weighted by Gasteiger charge is 2.16. The Morgan fingerprint density at radius 3 is 3.05 bits per heavy atom. The lowest BCUT2D eigenvalue weighted by Gasteiger charge is -2.18. The van der Waals surface area contributed by atoms with Crippen LogP contribution in [0.5, 0.6) is 0 Å². The van der Waals surface area contributed by atoms with Gasteiger partial charge in [-0.05, 0) is 31.0 Å². The molecule has 0 aliphatic carbocycles. The predicted molar refractivity (Wildman–Crippen MR) is 75.4 cm³/mol. The number of hydrogen-bond acceptors (Lipinski definition) is 5. The summed E-state index contributed by atoms with van der Waals surface area (Å²) in [5.41, 5.74) is 5.61. The molecule has 0 unspecified atom stereocenters. The Morgan fingerprint density at radius 2 is 2.26 bits per heavy atom. The van der Waals surface area contributed by atoms with Gasteiger partial charge in [-0.3, -0.25) is 14.5 Å². The minimum atomic E-state index is -0.518. The van der Waals surface area contributed by atoms with E-state index in [9.17, 15) is 9.59 Å². The third-order valence-electron chi connectivity index (χ3n) is 2.98. The number of primary amides is 1. The van der Waals surface area contributed by atoms with Crippen LogP contribution >= 0.6 is 11.3 Å². The van der Waals surface area contributed by atoms with E-state index in [0.717, 1.165) is 32.6 Å². The number of anilines is 1. The lowest BCUT2D eigenvalue weighted by Crippen LogP contribution is -2.35. The van der Waals surface area contributed by atoms with Gasteiger partial charge in [-0.15, -0.1) is 11.3 Å². The molecule has 1 fully saturated rings. The molecule has 1 saturated heterocycles. The summed E-state index contributed by atoms with van der Waals surface area (Å²) in [6, 6.07) is 1.62. The standard InChI is InChI=1S/C12H18N4O2S/c13-11(18)9-2-7-19-12(9)15-10(17)8-16-5-1-3-14-4-6-16/h2,7,14H,1,3-6,8H2,(H2,13,18)(H,15,17). The molecule has 2 rings (SSSR count). The first kappa shape index (κ1) is 14.0. The van der Waals surface area contributed by atoms with Gasteiger partial charge >= 0.3 is 0 Å². The first-order valence-electron chi connectivity index (χ1n) is 6.27. The van der Waals surface area contributed by atoms with Crippen molar-refractivity contribution in [3.8, 4) is 0 Å². The molecule has 1 aliphatic heterocycles. The summed E-state index contributed by atoms with van der Waals surface area (Å²) in [5, 5.41) is 8.32. The minimum absolute atomic E-state index is 0.105. The van der Waals surface area contributed by atoms with Crippen molar-refractivity contribution in [2.24, 2.45) is 5.73 Å². The van der Waals surface area contributed by atoms with Crippen LogP contribution in [-0.4, -0.2) is 49.4 Å². The van der Waals surface area contributed by atoms with Crippen molar-refractivity contribution in [1.29, 1.82) is 0 Å². The fraction of sp³-hybridized carbons (Fsp3) is 0.500. The quantitative estimate of drug-likeness (QED) is 0.730. The first-order valence-corrected chi connectivity index (χ1v) is 7.15. The maximum atomic E-state index is 11.9. The molecule has 2 amide bonds. The number of rotatable bonds is 4. The molecule has 104 valence electrons. The molecule has 7 heteroatoms. The SMILES string of the molecule is NC(=O)c1ccsc1NC(=O)CN1CCCNCC1. The summed E-state index contributed by atoms with van der Waals surface area (Å²) in [6.07, 6.45) is 1.04. The zero-order valence-electron chi connectivity index (χ0n) is 10.6. The molecule has 1 aliphatic rings. The molecular formula is C12H18N4O2S. The number of carbonyl (C=O) groups excluding carboxylic acids is 2. The van der Waals surface area contributed by atoms with Gasteiger partial charge in [0.2, 0.25) is 5.91 Å². The predicted octanol–water partition coefficient (Wildman–Crippen LogP) is 0.0808. The van der Waals surface area contributed by atoms with E-state index in [1.54, 1.807) is 11.4 Å². The van der Waals surface area contributed by atoms with Gasteiger partial charge in [0, 0.05) is 13.1 Å². The number of amides is 2. The van der Waals surface area contributed by atoms with Gasteiger partial charge in [0.1, 0.15) is 5.00 Å². The van der Waals surface area contributed by atoms with Crippen molar-refractivity contribution in [1.82, 2.24) is 10.2 Å². The molecule has 0 spiro atoms. The number of nitrogens with one attached hydrogen (secondary N) is 2. The second-order valence-corrected chi connectivity index (χ2v) is 5.37. The topological polar surface area (TPSA) is 87.5 Å². The van der Waals surface area contributed by atoms with E-state index in [2.05, 4.69) is 15.5 Å². The normalized spacial score (nSPS) is 16.8. The Kier molecular flexibility index (Phi) is 4.89. The smallest absolute Gasteiger partial charge is 0.251 e. The highest BCUT2D eigenvalue weighted by Crippen LogP contribution is 2.22. The largest absolute Gasteiger partial charge is 0.366 e. The third-order valence-corrected chi connectivity index (χ3v) is 3.81. The number of hydrogen-bond donors (Lipinski definition) is 3. The van der Waals surface area contributed by atoms with Gasteiger partial charge in [-0.1, -0.05) is 0 Å². The molecule has 4 N–H and O–H groups in total. The van der Waals surface area contributed by atoms with Gasteiger partial charge in [0.05, 0.1) is 12.1 Å². The van der Waals surface area contributed by atoms with Gasteiger partial charge in [0.15, 0.2) is 0 Å². The molecule has 19 heavy (non-hydrogen) atoms. The maximum Gasteiger partial charge on any atom is 0.251 e. The van der Waals surface area contributed by atoms with Gasteiger partial charge in [0.25, 0.3) is 5.91 Å². The molecule has 1 aromatic rings. The van der Waals surface area contributed by atoms with Crippen LogP contribution in [0.15, 0.2) is 11.4 Å². The van der Waals surface area contributed by atoms with Crippen LogP contribution in [0.2, 0.25) is 0 Å². The maximum absolute atomic E-state index is 11.9. The van der Waals surface area contributed by atoms with Crippen molar-refractivity contribution in [2.45, 2.75) is 6.42 Å². The van der Waals surface area contributed by atoms with E-state index in [0.29, 0.717) is 17.1 Å². The first-order chi connectivity index (χ1) is 9.16. The second-order valence-electron chi connectivity index (χ2n) is 4.46. The van der Waals surface area contributed by atoms with Gasteiger partial charge in [-0.25, -0.2) is 0 Å². The van der Waals surface area contributed by atoms with Crippen LogP contribution in [0.3, 0.4) is 0 Å². The average molecular weight is 282 g/mol. The molecule has 1 aromatic heterocycles. The highest BCUT2D eigenvalue weighted by molar-refractivity contribution is 7.14. The van der Waals surface area contributed by atoms with Crippen molar-refractivity contribution in [2.75, 3.05) is 38.0 Å². The monoisotopic (exact) mass is 282 g/mol. The fourth-order valence-electron chi connectivity index (χ4n) is 2.03. The van der Waals surface area contributed by atoms with E-state index < -0.39 is 5.91 Å². The van der Waals surface area contributed by atoms with Crippen LogP contribution in [0.1, 0.15) is 16.8 Å². The highest BCUT2D eigenvalue weighted by atomic mass is 32.1. The van der Waals surface area contributed by atoms with Crippen LogP contribution in [-0.2, 0) is 4.79 Å². The number of nitrogens with zero attached hydrogens (tertiary/aromatic N) is 1. The number of thiophene rings is 1. The van der Waals surface area contributed by atoms with Crippen LogP contribution in [0.4, 0.5) is 5.00 Å². The lowest BCUT2D eigenvalue weighted by atomic mass is 10.3. The second kappa shape index (κ2) is 6.65. The number of carbonyl (C=O) groups is 2. The van der Waals surface area contributed by atoms with E-state index in [1.807, 2.05) is 0 Å². The van der Waals surface area contributed by atoms with Crippen molar-refractivity contribution < 1.29 is 9.59 Å². The molecule has 0 saturated carbocycles. The zero-order chi connectivity index (χ0) is 13.7. The van der Waals surface area contributed by atoms with E-state index in [4.69, 9.17) is 5.73 Å². The summed E-state index contributed by atoms with van der Waals surface area (Å²) in [7, 11) is 0. The minimum Gasteiger partial charge on any atom is -0.366 e. The molecule has 2 heterocycles. The average Bonchev–Trinajstić information content (AvgIpc) is 2.66. The fourth-order valence-corrected chi connectivity index (χ4v) is 2.84. The number of nitrogens with two attached hydrogens (primary N) is 1. The summed E-state index contributed by atoms with van der Waals surface area (Å²) in [5.74, 6) is -0.623. The lowest BCUT2D eigenvalue weighted by molar-refractivity contribution is -0.117. The van der Waals surface area contributed by atoms with Gasteiger partial charge < -0.3 is 16.4 Å². The van der Waals surface area contributed by atoms with Crippen LogP contribution in [0.25, 0.3) is 0 Å². The molecule has 6 nitrogen and oxygen atoms in total. The molecule has 0 atom stereocenters. The van der Waals surface area contributed by atoms with E-state index in [-0.39, 0.29) is 5.91 Å². The van der Waals surface area contributed by atoms with Crippen molar-refractivity contribution in [3.63, 3.8) is 0 Å². The molecule has 0 bridgehead atoms. The zero-order valence-corrected chi connectivity index (χ0v) is 11.5. The summed E-state index contributed by atoms with van der Waals surface area (Å²) >= 11 is 1.31. The summed E-state index contributed by atoms with van der Waals surface area (Å²) in [6.45, 7) is 4.01. The van der Waals surface area contributed by atoms with Crippen LogP contribution < -0.4 is 16.4 Å². The summed E-state index contributed by atoms with van der Waals surface area (Å²) in [4.78, 5) is 25.2. The molecular weight excluding hydrogens is 264 g/mol. The Balaban J connectivity index is 1.89. The molecule has 0 radical (unpaired) electrons. The van der Waals surface area contributed by atoms with E-state index in [1.165, 1.54) is 11.3 Å². The Labute approximate surface area is 116 Å². The molecule has 0 aromatic carbocycles. The Bertz CT molecular complexity index is 452. The Morgan fingerprint density at radius 1 is 1.42 bits per heavy atom. The third kappa shape index (κ3) is 4.02. The summed E-state index contributed by atoms with van der Waals surface area (Å²) < 4.78 is 0. The van der Waals surface area contributed by atoms with Crippen molar-refractivity contribution >= 4 is 28.2 Å². The Hall–Kier alpha value is -1.44. The van der Waals surface area contributed by atoms with E-state index >= 15 is 0 Å². The van der Waals surface area contributed by atoms with Gasteiger partial charge in [-0.2, -0.15) is 0 Å². The van der Waals surface area contributed by atoms with Crippen molar-refractivity contribution in [3.05, 3.63) is 17.0 Å².